The molecular weight excluding hydrogens is 224 g/mol. The molecule has 2 rings (SSSR count). The maximum Gasteiger partial charge on any atom is 0.0589 e. The molecular formula is C15H30N2O. The van der Waals surface area contributed by atoms with Gasteiger partial charge in [-0.15, -0.1) is 0 Å². The minimum Gasteiger partial charge on any atom is -0.383 e. The summed E-state index contributed by atoms with van der Waals surface area (Å²) in [5.74, 6) is 1.00. The summed E-state index contributed by atoms with van der Waals surface area (Å²) in [6, 6.07) is 0.863. The Morgan fingerprint density at radius 2 is 1.67 bits per heavy atom. The summed E-state index contributed by atoms with van der Waals surface area (Å²) in [7, 11) is 1.80. The second-order valence-electron chi connectivity index (χ2n) is 5.95. The quantitative estimate of drug-likeness (QED) is 0.748. The van der Waals surface area contributed by atoms with E-state index in [1.165, 1.54) is 58.3 Å². The molecule has 3 heteroatoms. The van der Waals surface area contributed by atoms with Crippen LogP contribution in [0.5, 0.6) is 0 Å². The Labute approximate surface area is 112 Å². The third-order valence-electron chi connectivity index (χ3n) is 4.91. The number of hydrogen-bond acceptors (Lipinski definition) is 3. The minimum absolute atomic E-state index is 0.863. The predicted octanol–water partition coefficient (Wildman–Crippen LogP) is 2.22. The number of nitrogens with zero attached hydrogens (tertiary/aromatic N) is 2. The SMILES string of the molecule is CCC1CCN(C2CCN(CCOC)CC2)CC1. The van der Waals surface area contributed by atoms with E-state index < -0.39 is 0 Å². The molecule has 0 N–H and O–H groups in total. The first-order valence-corrected chi connectivity index (χ1v) is 7.78. The fraction of sp³-hybridized carbons (Fsp3) is 1.00. The molecule has 0 aromatic heterocycles. The molecule has 2 aliphatic rings. The van der Waals surface area contributed by atoms with Crippen molar-refractivity contribution in [2.45, 2.75) is 45.1 Å². The van der Waals surface area contributed by atoms with E-state index in [4.69, 9.17) is 4.74 Å². The molecule has 0 radical (unpaired) electrons. The normalized spacial score (nSPS) is 25.7. The zero-order valence-electron chi connectivity index (χ0n) is 12.2. The van der Waals surface area contributed by atoms with Gasteiger partial charge in [-0.2, -0.15) is 0 Å². The molecule has 0 aromatic carbocycles. The first-order valence-electron chi connectivity index (χ1n) is 7.78. The van der Waals surface area contributed by atoms with Crippen LogP contribution in [-0.2, 0) is 4.74 Å². The fourth-order valence-corrected chi connectivity index (χ4v) is 3.45. The van der Waals surface area contributed by atoms with Crippen LogP contribution in [0.2, 0.25) is 0 Å². The zero-order valence-corrected chi connectivity index (χ0v) is 12.2. The van der Waals surface area contributed by atoms with Crippen molar-refractivity contribution >= 4 is 0 Å². The van der Waals surface area contributed by atoms with Crippen LogP contribution in [-0.4, -0.2) is 62.3 Å². The smallest absolute Gasteiger partial charge is 0.0589 e. The second kappa shape index (κ2) is 7.46. The molecule has 2 aliphatic heterocycles. The molecule has 0 unspecified atom stereocenters. The lowest BCUT2D eigenvalue weighted by Crippen LogP contribution is -2.48. The van der Waals surface area contributed by atoms with Gasteiger partial charge in [0.15, 0.2) is 0 Å². The zero-order chi connectivity index (χ0) is 12.8. The third kappa shape index (κ3) is 3.94. The van der Waals surface area contributed by atoms with Crippen molar-refractivity contribution in [1.82, 2.24) is 9.80 Å². The number of ether oxygens (including phenoxy) is 1. The molecule has 0 amide bonds. The molecule has 0 bridgehead atoms. The maximum atomic E-state index is 5.16. The summed E-state index contributed by atoms with van der Waals surface area (Å²) in [5, 5.41) is 0. The number of hydrogen-bond donors (Lipinski definition) is 0. The number of rotatable bonds is 5. The van der Waals surface area contributed by atoms with Crippen molar-refractivity contribution in [3.8, 4) is 0 Å². The van der Waals surface area contributed by atoms with Gasteiger partial charge in [-0.25, -0.2) is 0 Å². The highest BCUT2D eigenvalue weighted by atomic mass is 16.5. The van der Waals surface area contributed by atoms with E-state index in [1.54, 1.807) is 7.11 Å². The van der Waals surface area contributed by atoms with Crippen molar-refractivity contribution < 1.29 is 4.74 Å². The Hall–Kier alpha value is -0.120. The molecule has 0 aliphatic carbocycles. The highest BCUT2D eigenvalue weighted by Crippen LogP contribution is 2.25. The lowest BCUT2D eigenvalue weighted by Gasteiger charge is -2.41. The summed E-state index contributed by atoms with van der Waals surface area (Å²) >= 11 is 0. The number of methoxy groups -OCH3 is 1. The summed E-state index contributed by atoms with van der Waals surface area (Å²) in [6.45, 7) is 9.56. The highest BCUT2D eigenvalue weighted by molar-refractivity contribution is 4.83. The van der Waals surface area contributed by atoms with E-state index in [9.17, 15) is 0 Å². The molecule has 18 heavy (non-hydrogen) atoms. The van der Waals surface area contributed by atoms with E-state index in [-0.39, 0.29) is 0 Å². The van der Waals surface area contributed by atoms with Crippen LogP contribution in [0.25, 0.3) is 0 Å². The summed E-state index contributed by atoms with van der Waals surface area (Å²) < 4.78 is 5.16. The lowest BCUT2D eigenvalue weighted by atomic mass is 9.92. The summed E-state index contributed by atoms with van der Waals surface area (Å²) in [6.07, 6.45) is 6.96. The Balaban J connectivity index is 1.67. The topological polar surface area (TPSA) is 15.7 Å². The number of piperidine rings is 2. The van der Waals surface area contributed by atoms with Crippen LogP contribution in [0, 0.1) is 5.92 Å². The lowest BCUT2D eigenvalue weighted by molar-refractivity contribution is 0.0655. The van der Waals surface area contributed by atoms with Gasteiger partial charge in [0.25, 0.3) is 0 Å². The van der Waals surface area contributed by atoms with Crippen molar-refractivity contribution in [2.75, 3.05) is 46.4 Å². The second-order valence-corrected chi connectivity index (χ2v) is 5.95. The average molecular weight is 254 g/mol. The highest BCUT2D eigenvalue weighted by Gasteiger charge is 2.27. The first-order chi connectivity index (χ1) is 8.83. The van der Waals surface area contributed by atoms with Gasteiger partial charge in [-0.05, 0) is 57.8 Å². The van der Waals surface area contributed by atoms with Gasteiger partial charge in [0.1, 0.15) is 0 Å². The predicted molar refractivity (Wildman–Crippen MR) is 75.9 cm³/mol. The molecule has 106 valence electrons. The molecule has 3 nitrogen and oxygen atoms in total. The van der Waals surface area contributed by atoms with Crippen LogP contribution >= 0.6 is 0 Å². The maximum absolute atomic E-state index is 5.16. The monoisotopic (exact) mass is 254 g/mol. The fourth-order valence-electron chi connectivity index (χ4n) is 3.45. The molecule has 0 spiro atoms. The van der Waals surface area contributed by atoms with Crippen LogP contribution in [0.15, 0.2) is 0 Å². The van der Waals surface area contributed by atoms with E-state index in [0.29, 0.717) is 0 Å². The van der Waals surface area contributed by atoms with Crippen molar-refractivity contribution in [2.24, 2.45) is 5.92 Å². The third-order valence-corrected chi connectivity index (χ3v) is 4.91. The number of likely N-dealkylation sites (tertiary alicyclic amines) is 2. The van der Waals surface area contributed by atoms with Crippen molar-refractivity contribution in [1.29, 1.82) is 0 Å². The summed E-state index contributed by atoms with van der Waals surface area (Å²) in [5.41, 5.74) is 0. The van der Waals surface area contributed by atoms with Crippen LogP contribution < -0.4 is 0 Å². The van der Waals surface area contributed by atoms with E-state index >= 15 is 0 Å². The van der Waals surface area contributed by atoms with Crippen molar-refractivity contribution in [3.05, 3.63) is 0 Å². The minimum atomic E-state index is 0.863. The first kappa shape index (κ1) is 14.3. The van der Waals surface area contributed by atoms with Gasteiger partial charge >= 0.3 is 0 Å². The largest absolute Gasteiger partial charge is 0.383 e. The van der Waals surface area contributed by atoms with E-state index in [2.05, 4.69) is 16.7 Å². The van der Waals surface area contributed by atoms with E-state index in [1.807, 2.05) is 0 Å². The molecule has 2 saturated heterocycles. The average Bonchev–Trinajstić information content (AvgIpc) is 2.46. The molecule has 0 aromatic rings. The Kier molecular flexibility index (Phi) is 5.93. The Bertz CT molecular complexity index is 219. The van der Waals surface area contributed by atoms with Gasteiger partial charge in [-0.3, -0.25) is 0 Å². The van der Waals surface area contributed by atoms with Crippen molar-refractivity contribution in [3.63, 3.8) is 0 Å². The molecule has 0 saturated carbocycles. The Morgan fingerprint density at radius 1 is 1.00 bits per heavy atom. The molecule has 2 fully saturated rings. The van der Waals surface area contributed by atoms with Gasteiger partial charge in [0.2, 0.25) is 0 Å². The van der Waals surface area contributed by atoms with E-state index in [0.717, 1.165) is 25.1 Å². The van der Waals surface area contributed by atoms with Crippen LogP contribution in [0.3, 0.4) is 0 Å². The van der Waals surface area contributed by atoms with Gasteiger partial charge in [0.05, 0.1) is 6.61 Å². The molecule has 2 heterocycles. The van der Waals surface area contributed by atoms with Crippen LogP contribution in [0.1, 0.15) is 39.0 Å². The van der Waals surface area contributed by atoms with Gasteiger partial charge in [-0.1, -0.05) is 13.3 Å². The van der Waals surface area contributed by atoms with Gasteiger partial charge < -0.3 is 14.5 Å². The Morgan fingerprint density at radius 3 is 2.22 bits per heavy atom. The van der Waals surface area contributed by atoms with Gasteiger partial charge in [0, 0.05) is 19.7 Å². The van der Waals surface area contributed by atoms with Crippen LogP contribution in [0.4, 0.5) is 0 Å². The molecule has 0 atom stereocenters. The standard InChI is InChI=1S/C15H30N2O/c1-3-14-4-10-17(11-5-14)15-6-8-16(9-7-15)12-13-18-2/h14-15H,3-13H2,1-2H3. The summed E-state index contributed by atoms with van der Waals surface area (Å²) in [4.78, 5) is 5.32.